The van der Waals surface area contributed by atoms with Crippen LogP contribution in [0.4, 0.5) is 19.1 Å². The molecule has 0 aromatic carbocycles. The molecule has 1 aromatic heterocycles. The molecule has 0 aliphatic heterocycles. The molecule has 4 nitrogen and oxygen atoms in total. The SMILES string of the molecule is COc1cc(C)nc(NCCCCC(F)(F)F)n1. The first kappa shape index (κ1) is 14.5. The third-order valence-electron chi connectivity index (χ3n) is 2.21. The highest BCUT2D eigenvalue weighted by molar-refractivity contribution is 5.30. The molecule has 0 unspecified atom stereocenters. The molecule has 1 N–H and O–H groups in total. The van der Waals surface area contributed by atoms with Crippen molar-refractivity contribution in [1.82, 2.24) is 9.97 Å². The number of nitrogens with zero attached hydrogens (tertiary/aromatic N) is 2. The molecular formula is C11H16F3N3O. The molecule has 0 radical (unpaired) electrons. The van der Waals surface area contributed by atoms with E-state index >= 15 is 0 Å². The van der Waals surface area contributed by atoms with E-state index in [9.17, 15) is 13.2 Å². The molecule has 0 spiro atoms. The Morgan fingerprint density at radius 3 is 2.61 bits per heavy atom. The van der Waals surface area contributed by atoms with Crippen LogP contribution in [-0.4, -0.2) is 29.8 Å². The van der Waals surface area contributed by atoms with Gasteiger partial charge in [-0.2, -0.15) is 18.2 Å². The molecular weight excluding hydrogens is 247 g/mol. The summed E-state index contributed by atoms with van der Waals surface area (Å²) in [6.45, 7) is 2.20. The van der Waals surface area contributed by atoms with Gasteiger partial charge < -0.3 is 10.1 Å². The molecule has 0 saturated carbocycles. The van der Waals surface area contributed by atoms with Crippen molar-refractivity contribution in [1.29, 1.82) is 0 Å². The lowest BCUT2D eigenvalue weighted by atomic mass is 10.2. The van der Waals surface area contributed by atoms with Gasteiger partial charge in [-0.15, -0.1) is 0 Å². The quantitative estimate of drug-likeness (QED) is 0.802. The van der Waals surface area contributed by atoms with E-state index in [-0.39, 0.29) is 6.42 Å². The highest BCUT2D eigenvalue weighted by Crippen LogP contribution is 2.22. The standard InChI is InChI=1S/C11H16F3N3O/c1-8-7-9(18-2)17-10(16-8)15-6-4-3-5-11(12,13)14/h7H,3-6H2,1-2H3,(H,15,16,17). The van der Waals surface area contributed by atoms with Gasteiger partial charge in [0.2, 0.25) is 11.8 Å². The van der Waals surface area contributed by atoms with Crippen molar-refractivity contribution < 1.29 is 17.9 Å². The third kappa shape index (κ3) is 5.70. The lowest BCUT2D eigenvalue weighted by molar-refractivity contribution is -0.135. The Labute approximate surface area is 104 Å². The fourth-order valence-electron chi connectivity index (χ4n) is 1.37. The number of nitrogens with one attached hydrogen (secondary N) is 1. The van der Waals surface area contributed by atoms with Gasteiger partial charge in [-0.1, -0.05) is 0 Å². The van der Waals surface area contributed by atoms with Crippen LogP contribution in [0.15, 0.2) is 6.07 Å². The van der Waals surface area contributed by atoms with E-state index < -0.39 is 12.6 Å². The molecule has 1 rings (SSSR count). The number of halogens is 3. The second-order valence-corrected chi connectivity index (χ2v) is 3.87. The first-order valence-electron chi connectivity index (χ1n) is 5.61. The summed E-state index contributed by atoms with van der Waals surface area (Å²) in [7, 11) is 1.49. The van der Waals surface area contributed by atoms with Crippen LogP contribution < -0.4 is 10.1 Å². The van der Waals surface area contributed by atoms with Gasteiger partial charge in [0, 0.05) is 24.7 Å². The zero-order valence-electron chi connectivity index (χ0n) is 10.3. The van der Waals surface area contributed by atoms with E-state index in [0.29, 0.717) is 24.8 Å². The van der Waals surface area contributed by atoms with Gasteiger partial charge in [0.05, 0.1) is 7.11 Å². The minimum atomic E-state index is -4.08. The Balaban J connectivity index is 2.33. The van der Waals surface area contributed by atoms with Crippen LogP contribution in [0.5, 0.6) is 5.88 Å². The Morgan fingerprint density at radius 2 is 2.00 bits per heavy atom. The Kier molecular flexibility index (Phi) is 5.18. The third-order valence-corrected chi connectivity index (χ3v) is 2.21. The molecule has 102 valence electrons. The number of hydrogen-bond acceptors (Lipinski definition) is 4. The molecule has 0 atom stereocenters. The molecule has 0 amide bonds. The topological polar surface area (TPSA) is 47.0 Å². The zero-order chi connectivity index (χ0) is 13.6. The average molecular weight is 263 g/mol. The maximum absolute atomic E-state index is 11.9. The van der Waals surface area contributed by atoms with E-state index in [1.165, 1.54) is 7.11 Å². The van der Waals surface area contributed by atoms with Crippen LogP contribution in [0.25, 0.3) is 0 Å². The summed E-state index contributed by atoms with van der Waals surface area (Å²) in [6.07, 6.45) is -4.33. The van der Waals surface area contributed by atoms with Gasteiger partial charge >= 0.3 is 6.18 Å². The summed E-state index contributed by atoms with van der Waals surface area (Å²) in [5, 5.41) is 2.88. The van der Waals surface area contributed by atoms with E-state index in [1.807, 2.05) is 0 Å². The monoisotopic (exact) mass is 263 g/mol. The van der Waals surface area contributed by atoms with Crippen LogP contribution in [0.3, 0.4) is 0 Å². The van der Waals surface area contributed by atoms with Gasteiger partial charge in [0.15, 0.2) is 0 Å². The second-order valence-electron chi connectivity index (χ2n) is 3.87. The lowest BCUT2D eigenvalue weighted by Gasteiger charge is -2.08. The first-order chi connectivity index (χ1) is 8.40. The van der Waals surface area contributed by atoms with Gasteiger partial charge in [-0.3, -0.25) is 0 Å². The number of methoxy groups -OCH3 is 1. The molecule has 1 aromatic rings. The molecule has 18 heavy (non-hydrogen) atoms. The van der Waals surface area contributed by atoms with Crippen molar-refractivity contribution in [2.75, 3.05) is 19.0 Å². The van der Waals surface area contributed by atoms with Crippen molar-refractivity contribution in [2.45, 2.75) is 32.4 Å². The summed E-state index contributed by atoms with van der Waals surface area (Å²) in [6, 6.07) is 1.68. The predicted octanol–water partition coefficient (Wildman–Crippen LogP) is 2.94. The number of alkyl halides is 3. The summed E-state index contributed by atoms with van der Waals surface area (Å²) < 4.78 is 40.7. The van der Waals surface area contributed by atoms with Crippen LogP contribution in [0.1, 0.15) is 25.0 Å². The van der Waals surface area contributed by atoms with E-state index in [0.717, 1.165) is 5.69 Å². The molecule has 0 bridgehead atoms. The van der Waals surface area contributed by atoms with Crippen molar-refractivity contribution in [3.63, 3.8) is 0 Å². The second kappa shape index (κ2) is 6.42. The largest absolute Gasteiger partial charge is 0.481 e. The first-order valence-corrected chi connectivity index (χ1v) is 5.61. The average Bonchev–Trinajstić information content (AvgIpc) is 2.26. The molecule has 0 saturated heterocycles. The summed E-state index contributed by atoms with van der Waals surface area (Å²) in [5.74, 6) is 0.805. The van der Waals surface area contributed by atoms with Crippen LogP contribution in [-0.2, 0) is 0 Å². The molecule has 0 aliphatic carbocycles. The Bertz CT molecular complexity index is 382. The minimum absolute atomic E-state index is 0.0967. The number of aromatic nitrogens is 2. The van der Waals surface area contributed by atoms with Crippen LogP contribution in [0, 0.1) is 6.92 Å². The maximum Gasteiger partial charge on any atom is 0.389 e. The molecule has 7 heteroatoms. The number of anilines is 1. The van der Waals surface area contributed by atoms with E-state index in [4.69, 9.17) is 4.74 Å². The van der Waals surface area contributed by atoms with Crippen molar-refractivity contribution in [3.05, 3.63) is 11.8 Å². The smallest absolute Gasteiger partial charge is 0.389 e. The molecule has 1 heterocycles. The van der Waals surface area contributed by atoms with Gasteiger partial charge in [0.25, 0.3) is 0 Å². The van der Waals surface area contributed by atoms with Crippen LogP contribution in [0.2, 0.25) is 0 Å². The normalized spacial score (nSPS) is 11.4. The van der Waals surface area contributed by atoms with E-state index in [1.54, 1.807) is 13.0 Å². The Morgan fingerprint density at radius 1 is 1.28 bits per heavy atom. The maximum atomic E-state index is 11.9. The summed E-state index contributed by atoms with van der Waals surface area (Å²) in [4.78, 5) is 8.14. The van der Waals surface area contributed by atoms with Crippen molar-refractivity contribution >= 4 is 5.95 Å². The molecule has 0 aliphatic rings. The fourth-order valence-corrected chi connectivity index (χ4v) is 1.37. The van der Waals surface area contributed by atoms with Gasteiger partial charge in [-0.05, 0) is 19.8 Å². The van der Waals surface area contributed by atoms with E-state index in [2.05, 4.69) is 15.3 Å². The molecule has 0 fully saturated rings. The number of rotatable bonds is 6. The van der Waals surface area contributed by atoms with Gasteiger partial charge in [0.1, 0.15) is 0 Å². The van der Waals surface area contributed by atoms with Crippen LogP contribution >= 0.6 is 0 Å². The predicted molar refractivity (Wildman–Crippen MR) is 61.7 cm³/mol. The van der Waals surface area contributed by atoms with Gasteiger partial charge in [-0.25, -0.2) is 4.98 Å². The summed E-state index contributed by atoms with van der Waals surface area (Å²) in [5.41, 5.74) is 0.736. The summed E-state index contributed by atoms with van der Waals surface area (Å²) >= 11 is 0. The highest BCUT2D eigenvalue weighted by atomic mass is 19.4. The number of aryl methyl sites for hydroxylation is 1. The minimum Gasteiger partial charge on any atom is -0.481 e. The lowest BCUT2D eigenvalue weighted by Crippen LogP contribution is -2.10. The zero-order valence-corrected chi connectivity index (χ0v) is 10.3. The number of hydrogen-bond donors (Lipinski definition) is 1. The number of unbranched alkanes of at least 4 members (excludes halogenated alkanes) is 1. The van der Waals surface area contributed by atoms with Crippen molar-refractivity contribution in [2.24, 2.45) is 0 Å². The highest BCUT2D eigenvalue weighted by Gasteiger charge is 2.25. The fraction of sp³-hybridized carbons (Fsp3) is 0.636. The Hall–Kier alpha value is -1.53. The van der Waals surface area contributed by atoms with Crippen molar-refractivity contribution in [3.8, 4) is 5.88 Å². The number of ether oxygens (including phenoxy) is 1.